The highest BCUT2D eigenvalue weighted by Gasteiger charge is 2.08. The molecule has 3 rings (SSSR count). The monoisotopic (exact) mass is 299 g/mol. The minimum atomic E-state index is -0.0889. The smallest absolute Gasteiger partial charge is 0.227 e. The van der Waals surface area contributed by atoms with E-state index >= 15 is 0 Å². The number of H-pyrrole nitrogens is 1. The Morgan fingerprint density at radius 2 is 1.90 bits per heavy atom. The number of amides is 1. The van der Waals surface area contributed by atoms with Gasteiger partial charge in [0.2, 0.25) is 11.9 Å². The van der Waals surface area contributed by atoms with Crippen LogP contribution < -0.4 is 5.32 Å². The van der Waals surface area contributed by atoms with E-state index in [9.17, 15) is 4.79 Å². The van der Waals surface area contributed by atoms with Gasteiger partial charge < -0.3 is 4.98 Å². The molecule has 1 amide bonds. The molecule has 0 saturated carbocycles. The molecular formula is C16H14ClN3O. The average molecular weight is 300 g/mol. The molecule has 0 atom stereocenters. The topological polar surface area (TPSA) is 57.8 Å². The lowest BCUT2D eigenvalue weighted by Crippen LogP contribution is -2.13. The van der Waals surface area contributed by atoms with Crippen molar-refractivity contribution in [3.63, 3.8) is 0 Å². The number of anilines is 1. The van der Waals surface area contributed by atoms with Gasteiger partial charge in [-0.1, -0.05) is 41.9 Å². The Hall–Kier alpha value is -2.33. The second kappa shape index (κ2) is 5.97. The molecule has 0 radical (unpaired) electrons. The minimum absolute atomic E-state index is 0.0889. The van der Waals surface area contributed by atoms with Crippen molar-refractivity contribution in [2.75, 3.05) is 5.32 Å². The predicted molar refractivity (Wildman–Crippen MR) is 84.5 cm³/mol. The van der Waals surface area contributed by atoms with Crippen molar-refractivity contribution >= 4 is 34.5 Å². The number of imidazole rings is 1. The Bertz CT molecular complexity index is 749. The van der Waals surface area contributed by atoms with Gasteiger partial charge in [0, 0.05) is 11.4 Å². The van der Waals surface area contributed by atoms with Crippen LogP contribution in [0.2, 0.25) is 5.02 Å². The summed E-state index contributed by atoms with van der Waals surface area (Å²) in [6, 6.07) is 15.2. The third-order valence-electron chi connectivity index (χ3n) is 3.23. The molecule has 0 spiro atoms. The molecule has 3 aromatic rings. The number of aromatic amines is 1. The number of hydrogen-bond donors (Lipinski definition) is 2. The van der Waals surface area contributed by atoms with Crippen LogP contribution in [-0.2, 0) is 11.2 Å². The van der Waals surface area contributed by atoms with Crippen LogP contribution in [0.15, 0.2) is 48.5 Å². The van der Waals surface area contributed by atoms with E-state index in [1.54, 1.807) is 0 Å². The van der Waals surface area contributed by atoms with E-state index in [0.717, 1.165) is 16.6 Å². The Morgan fingerprint density at radius 1 is 1.14 bits per heavy atom. The number of nitrogens with one attached hydrogen (secondary N) is 2. The summed E-state index contributed by atoms with van der Waals surface area (Å²) in [4.78, 5) is 19.3. The Balaban J connectivity index is 1.62. The Kier molecular flexibility index (Phi) is 3.88. The molecule has 0 aliphatic rings. The molecule has 0 bridgehead atoms. The van der Waals surface area contributed by atoms with Gasteiger partial charge in [-0.3, -0.25) is 10.1 Å². The summed E-state index contributed by atoms with van der Waals surface area (Å²) in [6.45, 7) is 0. The predicted octanol–water partition coefficient (Wildman–Crippen LogP) is 3.79. The molecule has 1 heterocycles. The molecule has 0 aliphatic heterocycles. The lowest BCUT2D eigenvalue weighted by atomic mass is 10.1. The highest BCUT2D eigenvalue weighted by Crippen LogP contribution is 2.17. The summed E-state index contributed by atoms with van der Waals surface area (Å²) in [5.74, 6) is 0.384. The van der Waals surface area contributed by atoms with Crippen LogP contribution in [0, 0.1) is 0 Å². The first-order valence-corrected chi connectivity index (χ1v) is 7.08. The van der Waals surface area contributed by atoms with Crippen LogP contribution in [-0.4, -0.2) is 15.9 Å². The zero-order chi connectivity index (χ0) is 14.7. The summed E-state index contributed by atoms with van der Waals surface area (Å²) >= 11 is 6.07. The van der Waals surface area contributed by atoms with Crippen LogP contribution in [0.25, 0.3) is 11.0 Å². The molecular weight excluding hydrogens is 286 g/mol. The molecule has 21 heavy (non-hydrogen) atoms. The average Bonchev–Trinajstić information content (AvgIpc) is 2.88. The first-order valence-electron chi connectivity index (χ1n) is 6.70. The van der Waals surface area contributed by atoms with Crippen LogP contribution in [0.3, 0.4) is 0 Å². The van der Waals surface area contributed by atoms with Crippen LogP contribution in [0.5, 0.6) is 0 Å². The van der Waals surface area contributed by atoms with Gasteiger partial charge in [-0.25, -0.2) is 4.98 Å². The minimum Gasteiger partial charge on any atom is -0.324 e. The van der Waals surface area contributed by atoms with Gasteiger partial charge >= 0.3 is 0 Å². The summed E-state index contributed by atoms with van der Waals surface area (Å²) in [5, 5.41) is 3.46. The van der Waals surface area contributed by atoms with E-state index in [1.807, 2.05) is 48.5 Å². The Morgan fingerprint density at radius 3 is 2.71 bits per heavy atom. The molecule has 2 N–H and O–H groups in total. The van der Waals surface area contributed by atoms with Gasteiger partial charge in [0.15, 0.2) is 0 Å². The summed E-state index contributed by atoms with van der Waals surface area (Å²) in [5.41, 5.74) is 2.71. The number of benzene rings is 2. The number of hydrogen-bond acceptors (Lipinski definition) is 2. The fourth-order valence-electron chi connectivity index (χ4n) is 2.16. The standard InChI is InChI=1S/C16H14ClN3O/c17-12-6-2-1-5-11(12)9-10-15(21)20-16-18-13-7-3-4-8-14(13)19-16/h1-8H,9-10H2,(H2,18,19,20,21). The van der Waals surface area contributed by atoms with E-state index in [1.165, 1.54) is 0 Å². The van der Waals surface area contributed by atoms with Crippen LogP contribution in [0.4, 0.5) is 5.95 Å². The number of carbonyl (C=O) groups excluding carboxylic acids is 1. The van der Waals surface area contributed by atoms with Gasteiger partial charge in [0.05, 0.1) is 11.0 Å². The Labute approximate surface area is 127 Å². The third kappa shape index (κ3) is 3.23. The molecule has 1 aromatic heterocycles. The van der Waals surface area contributed by atoms with Gasteiger partial charge in [-0.05, 0) is 30.2 Å². The molecule has 0 fully saturated rings. The molecule has 0 aliphatic carbocycles. The van der Waals surface area contributed by atoms with Gasteiger partial charge in [0.1, 0.15) is 0 Å². The molecule has 2 aromatic carbocycles. The maximum absolute atomic E-state index is 12.0. The summed E-state index contributed by atoms with van der Waals surface area (Å²) in [6.07, 6.45) is 0.965. The number of nitrogens with zero attached hydrogens (tertiary/aromatic N) is 1. The molecule has 0 saturated heterocycles. The zero-order valence-corrected chi connectivity index (χ0v) is 12.0. The first kappa shape index (κ1) is 13.6. The highest BCUT2D eigenvalue weighted by atomic mass is 35.5. The van der Waals surface area contributed by atoms with E-state index in [2.05, 4.69) is 15.3 Å². The number of para-hydroxylation sites is 2. The number of fused-ring (bicyclic) bond motifs is 1. The third-order valence-corrected chi connectivity index (χ3v) is 3.60. The maximum atomic E-state index is 12.0. The molecule has 5 heteroatoms. The second-order valence-corrected chi connectivity index (χ2v) is 5.15. The van der Waals surface area contributed by atoms with E-state index in [4.69, 9.17) is 11.6 Å². The summed E-state index contributed by atoms with van der Waals surface area (Å²) < 4.78 is 0. The largest absolute Gasteiger partial charge is 0.324 e. The summed E-state index contributed by atoms with van der Waals surface area (Å²) in [7, 11) is 0. The number of aromatic nitrogens is 2. The van der Waals surface area contributed by atoms with E-state index < -0.39 is 0 Å². The highest BCUT2D eigenvalue weighted by molar-refractivity contribution is 6.31. The van der Waals surface area contributed by atoms with E-state index in [0.29, 0.717) is 23.8 Å². The van der Waals surface area contributed by atoms with Crippen molar-refractivity contribution in [2.24, 2.45) is 0 Å². The van der Waals surface area contributed by atoms with Crippen molar-refractivity contribution in [1.29, 1.82) is 0 Å². The molecule has 106 valence electrons. The van der Waals surface area contributed by atoms with Crippen molar-refractivity contribution < 1.29 is 4.79 Å². The lowest BCUT2D eigenvalue weighted by Gasteiger charge is -2.04. The molecule has 0 unspecified atom stereocenters. The zero-order valence-electron chi connectivity index (χ0n) is 11.3. The second-order valence-electron chi connectivity index (χ2n) is 4.74. The van der Waals surface area contributed by atoms with Crippen molar-refractivity contribution in [3.8, 4) is 0 Å². The maximum Gasteiger partial charge on any atom is 0.227 e. The SMILES string of the molecule is O=C(CCc1ccccc1Cl)Nc1nc2ccccc2[nH]1. The number of rotatable bonds is 4. The van der Waals surface area contributed by atoms with Gasteiger partial charge in [-0.15, -0.1) is 0 Å². The quantitative estimate of drug-likeness (QED) is 0.770. The van der Waals surface area contributed by atoms with Gasteiger partial charge in [0.25, 0.3) is 0 Å². The fourth-order valence-corrected chi connectivity index (χ4v) is 2.39. The number of carbonyl (C=O) groups is 1. The first-order chi connectivity index (χ1) is 10.2. The van der Waals surface area contributed by atoms with Gasteiger partial charge in [-0.2, -0.15) is 0 Å². The lowest BCUT2D eigenvalue weighted by molar-refractivity contribution is -0.116. The normalized spacial score (nSPS) is 10.7. The number of halogens is 1. The van der Waals surface area contributed by atoms with Crippen molar-refractivity contribution in [2.45, 2.75) is 12.8 Å². The van der Waals surface area contributed by atoms with Crippen molar-refractivity contribution in [3.05, 3.63) is 59.1 Å². The van der Waals surface area contributed by atoms with Crippen LogP contribution >= 0.6 is 11.6 Å². The van der Waals surface area contributed by atoms with Crippen molar-refractivity contribution in [1.82, 2.24) is 9.97 Å². The molecule has 4 nitrogen and oxygen atoms in total. The fraction of sp³-hybridized carbons (Fsp3) is 0.125. The van der Waals surface area contributed by atoms with E-state index in [-0.39, 0.29) is 5.91 Å². The number of aryl methyl sites for hydroxylation is 1. The van der Waals surface area contributed by atoms with Crippen LogP contribution in [0.1, 0.15) is 12.0 Å².